The minimum atomic E-state index is 0.357. The van der Waals surface area contributed by atoms with Crippen LogP contribution in [-0.4, -0.2) is 24.0 Å². The Kier molecular flexibility index (Phi) is 4.82. The molecule has 0 aromatic heterocycles. The third kappa shape index (κ3) is 3.93. The zero-order valence-corrected chi connectivity index (χ0v) is 12.6. The highest BCUT2D eigenvalue weighted by atomic mass is 127. The molecule has 1 aliphatic rings. The van der Waals surface area contributed by atoms with Crippen LogP contribution in [0.4, 0.5) is 0 Å². The monoisotopic (exact) mass is 344 g/mol. The lowest BCUT2D eigenvalue weighted by Gasteiger charge is -2.33. The molecule has 1 unspecified atom stereocenters. The lowest BCUT2D eigenvalue weighted by atomic mass is 9.91. The van der Waals surface area contributed by atoms with Crippen molar-refractivity contribution in [3.63, 3.8) is 0 Å². The average Bonchev–Trinajstić information content (AvgIpc) is 2.33. The van der Waals surface area contributed by atoms with Gasteiger partial charge in [-0.2, -0.15) is 0 Å². The second-order valence-corrected chi connectivity index (χ2v) is 6.34. The second-order valence-electron chi connectivity index (χ2n) is 5.10. The van der Waals surface area contributed by atoms with Crippen molar-refractivity contribution in [2.45, 2.75) is 32.4 Å². The topological polar surface area (TPSA) is 29.3 Å². The predicted octanol–water partition coefficient (Wildman–Crippen LogP) is 2.85. The molecule has 0 radical (unpaired) electrons. The first-order valence-electron chi connectivity index (χ1n) is 6.37. The van der Waals surface area contributed by atoms with Gasteiger partial charge in [-0.15, -0.1) is 0 Å². The van der Waals surface area contributed by atoms with Gasteiger partial charge in [0.25, 0.3) is 0 Å². The van der Waals surface area contributed by atoms with Crippen LogP contribution in [0, 0.1) is 9.49 Å². The van der Waals surface area contributed by atoms with Gasteiger partial charge in [-0.3, -0.25) is 4.90 Å². The van der Waals surface area contributed by atoms with Crippen LogP contribution in [0.3, 0.4) is 0 Å². The average molecular weight is 344 g/mol. The molecule has 1 aromatic rings. The Morgan fingerprint density at radius 2 is 1.88 bits per heavy atom. The summed E-state index contributed by atoms with van der Waals surface area (Å²) in [6, 6.07) is 9.20. The zero-order chi connectivity index (χ0) is 12.3. The number of nitrogens with zero attached hydrogens (tertiary/aromatic N) is 1. The quantitative estimate of drug-likeness (QED) is 0.855. The van der Waals surface area contributed by atoms with E-state index in [-0.39, 0.29) is 0 Å². The van der Waals surface area contributed by atoms with Crippen molar-refractivity contribution in [1.29, 1.82) is 0 Å². The van der Waals surface area contributed by atoms with Crippen molar-refractivity contribution < 1.29 is 0 Å². The smallest absolute Gasteiger partial charge is 0.0233 e. The predicted molar refractivity (Wildman–Crippen MR) is 80.8 cm³/mol. The number of halogens is 1. The normalized spacial score (nSPS) is 20.4. The molecule has 0 amide bonds. The third-order valence-electron chi connectivity index (χ3n) is 3.70. The summed E-state index contributed by atoms with van der Waals surface area (Å²) >= 11 is 2.35. The van der Waals surface area contributed by atoms with Crippen LogP contribution in [0.15, 0.2) is 24.3 Å². The van der Waals surface area contributed by atoms with Gasteiger partial charge in [0.1, 0.15) is 0 Å². The Morgan fingerprint density at radius 3 is 2.41 bits per heavy atom. The van der Waals surface area contributed by atoms with E-state index < -0.39 is 0 Å². The number of nitrogens with two attached hydrogens (primary N) is 1. The number of piperidine rings is 1. The van der Waals surface area contributed by atoms with Crippen LogP contribution in [0.2, 0.25) is 0 Å². The molecule has 2 nitrogen and oxygen atoms in total. The molecule has 3 heteroatoms. The SMILES string of the molecule is CC(N)C1CCN(Cc2ccc(I)cc2)CC1. The maximum absolute atomic E-state index is 5.96. The van der Waals surface area contributed by atoms with Gasteiger partial charge in [0.05, 0.1) is 0 Å². The molecule has 0 spiro atoms. The largest absolute Gasteiger partial charge is 0.328 e. The molecule has 1 atom stereocenters. The van der Waals surface area contributed by atoms with E-state index in [9.17, 15) is 0 Å². The summed E-state index contributed by atoms with van der Waals surface area (Å²) in [6.07, 6.45) is 2.50. The molecule has 0 saturated carbocycles. The molecule has 1 heterocycles. The van der Waals surface area contributed by atoms with Crippen LogP contribution in [0.1, 0.15) is 25.3 Å². The number of rotatable bonds is 3. The van der Waals surface area contributed by atoms with Gasteiger partial charge >= 0.3 is 0 Å². The fourth-order valence-corrected chi connectivity index (χ4v) is 2.84. The molecule has 94 valence electrons. The van der Waals surface area contributed by atoms with E-state index in [4.69, 9.17) is 5.73 Å². The number of hydrogen-bond donors (Lipinski definition) is 1. The van der Waals surface area contributed by atoms with Gasteiger partial charge < -0.3 is 5.73 Å². The van der Waals surface area contributed by atoms with Crippen molar-refractivity contribution in [2.75, 3.05) is 13.1 Å². The van der Waals surface area contributed by atoms with E-state index in [0.29, 0.717) is 6.04 Å². The fraction of sp³-hybridized carbons (Fsp3) is 0.571. The van der Waals surface area contributed by atoms with Crippen LogP contribution in [0.5, 0.6) is 0 Å². The molecule has 0 bridgehead atoms. The van der Waals surface area contributed by atoms with E-state index in [0.717, 1.165) is 12.5 Å². The maximum atomic E-state index is 5.96. The summed E-state index contributed by atoms with van der Waals surface area (Å²) in [7, 11) is 0. The van der Waals surface area contributed by atoms with E-state index >= 15 is 0 Å². The molecule has 1 saturated heterocycles. The molecular weight excluding hydrogens is 323 g/mol. The van der Waals surface area contributed by atoms with Gasteiger partial charge in [0.2, 0.25) is 0 Å². The number of benzene rings is 1. The first-order valence-corrected chi connectivity index (χ1v) is 7.45. The van der Waals surface area contributed by atoms with Crippen molar-refractivity contribution in [1.82, 2.24) is 4.90 Å². The minimum Gasteiger partial charge on any atom is -0.328 e. The first-order chi connectivity index (χ1) is 8.15. The molecular formula is C14H21IN2. The Morgan fingerprint density at radius 1 is 1.29 bits per heavy atom. The molecule has 1 aromatic carbocycles. The van der Waals surface area contributed by atoms with E-state index in [1.54, 1.807) is 0 Å². The third-order valence-corrected chi connectivity index (χ3v) is 4.41. The lowest BCUT2D eigenvalue weighted by Crippen LogP contribution is -2.39. The Hall–Kier alpha value is -0.130. The maximum Gasteiger partial charge on any atom is 0.0233 e. The fourth-order valence-electron chi connectivity index (χ4n) is 2.48. The highest BCUT2D eigenvalue weighted by molar-refractivity contribution is 14.1. The summed E-state index contributed by atoms with van der Waals surface area (Å²) in [5, 5.41) is 0. The van der Waals surface area contributed by atoms with Crippen LogP contribution >= 0.6 is 22.6 Å². The van der Waals surface area contributed by atoms with Crippen LogP contribution in [-0.2, 0) is 6.54 Å². The summed E-state index contributed by atoms with van der Waals surface area (Å²) in [6.45, 7) is 5.61. The van der Waals surface area contributed by atoms with Crippen LogP contribution in [0.25, 0.3) is 0 Å². The van der Waals surface area contributed by atoms with Gasteiger partial charge in [-0.05, 0) is 79.1 Å². The van der Waals surface area contributed by atoms with Gasteiger partial charge in [0, 0.05) is 16.2 Å². The zero-order valence-electron chi connectivity index (χ0n) is 10.4. The number of hydrogen-bond acceptors (Lipinski definition) is 2. The molecule has 2 rings (SSSR count). The van der Waals surface area contributed by atoms with Gasteiger partial charge in [-0.1, -0.05) is 12.1 Å². The lowest BCUT2D eigenvalue weighted by molar-refractivity contribution is 0.166. The molecule has 2 N–H and O–H groups in total. The Labute approximate surface area is 118 Å². The minimum absolute atomic E-state index is 0.357. The van der Waals surface area contributed by atoms with E-state index in [2.05, 4.69) is 58.7 Å². The van der Waals surface area contributed by atoms with E-state index in [1.807, 2.05) is 0 Å². The standard InChI is InChI=1S/C14H21IN2/c1-11(16)13-6-8-17(9-7-13)10-12-2-4-14(15)5-3-12/h2-5,11,13H,6-10,16H2,1H3. The number of likely N-dealkylation sites (tertiary alicyclic amines) is 1. The van der Waals surface area contributed by atoms with Gasteiger partial charge in [0.15, 0.2) is 0 Å². The van der Waals surface area contributed by atoms with Crippen LogP contribution < -0.4 is 5.73 Å². The highest BCUT2D eigenvalue weighted by Crippen LogP contribution is 2.21. The summed E-state index contributed by atoms with van der Waals surface area (Å²) < 4.78 is 1.31. The Bertz CT molecular complexity index is 340. The van der Waals surface area contributed by atoms with Crippen molar-refractivity contribution in [3.05, 3.63) is 33.4 Å². The molecule has 0 aliphatic carbocycles. The first kappa shape index (κ1) is 13.3. The van der Waals surface area contributed by atoms with Crippen molar-refractivity contribution >= 4 is 22.6 Å². The molecule has 1 fully saturated rings. The summed E-state index contributed by atoms with van der Waals surface area (Å²) in [5.74, 6) is 0.725. The molecule has 1 aliphatic heterocycles. The van der Waals surface area contributed by atoms with Crippen molar-refractivity contribution in [2.24, 2.45) is 11.7 Å². The highest BCUT2D eigenvalue weighted by Gasteiger charge is 2.21. The van der Waals surface area contributed by atoms with Crippen molar-refractivity contribution in [3.8, 4) is 0 Å². The van der Waals surface area contributed by atoms with Gasteiger partial charge in [-0.25, -0.2) is 0 Å². The second kappa shape index (κ2) is 6.16. The Balaban J connectivity index is 1.84. The van der Waals surface area contributed by atoms with E-state index in [1.165, 1.54) is 35.1 Å². The molecule has 17 heavy (non-hydrogen) atoms. The summed E-state index contributed by atoms with van der Waals surface area (Å²) in [4.78, 5) is 2.54. The summed E-state index contributed by atoms with van der Waals surface area (Å²) in [5.41, 5.74) is 7.38.